The van der Waals surface area contributed by atoms with Gasteiger partial charge in [-0.05, 0) is 32.1 Å². The van der Waals surface area contributed by atoms with Crippen molar-refractivity contribution < 1.29 is 0 Å². The molecule has 2 heterocycles. The van der Waals surface area contributed by atoms with E-state index in [0.29, 0.717) is 0 Å². The summed E-state index contributed by atoms with van der Waals surface area (Å²) in [4.78, 5) is 0. The summed E-state index contributed by atoms with van der Waals surface area (Å²) in [5.74, 6) is 0. The number of hydrogen-bond donors (Lipinski definition) is 3. The highest BCUT2D eigenvalue weighted by Gasteiger charge is 2.07. The van der Waals surface area contributed by atoms with Gasteiger partial charge in [0, 0.05) is 17.6 Å². The maximum absolute atomic E-state index is 4.11. The Balaban J connectivity index is 1.90. The topological polar surface area (TPSA) is 83.5 Å². The summed E-state index contributed by atoms with van der Waals surface area (Å²) in [6.45, 7) is 1.90. The highest BCUT2D eigenvalue weighted by molar-refractivity contribution is 5.93. The molecule has 1 aromatic carbocycles. The Kier molecular flexibility index (Phi) is 3.60. The number of benzene rings is 1. The predicted molar refractivity (Wildman–Crippen MR) is 78.0 cm³/mol. The Morgan fingerprint density at radius 3 is 2.85 bits per heavy atom. The van der Waals surface area contributed by atoms with Crippen LogP contribution in [0.1, 0.15) is 6.42 Å². The van der Waals surface area contributed by atoms with Gasteiger partial charge in [-0.25, -0.2) is 0 Å². The number of fused-ring (bicyclic) bond motifs is 1. The molecule has 0 atom stereocenters. The summed E-state index contributed by atoms with van der Waals surface area (Å²) in [6.07, 6.45) is 6.27. The molecule has 0 aliphatic rings. The van der Waals surface area contributed by atoms with E-state index in [4.69, 9.17) is 0 Å². The third-order valence-electron chi connectivity index (χ3n) is 3.18. The van der Waals surface area contributed by atoms with E-state index in [9.17, 15) is 0 Å². The van der Waals surface area contributed by atoms with Crippen molar-refractivity contribution in [3.8, 4) is 5.69 Å². The van der Waals surface area contributed by atoms with Gasteiger partial charge in [-0.3, -0.25) is 9.67 Å². The predicted octanol–water partition coefficient (Wildman–Crippen LogP) is 1.16. The molecule has 0 aliphatic heterocycles. The van der Waals surface area contributed by atoms with Gasteiger partial charge in [-0.1, -0.05) is 0 Å². The maximum atomic E-state index is 4.11. The number of H-pyrrole nitrogens is 1. The molecule has 3 aromatic rings. The number of rotatable bonds is 6. The second-order valence-electron chi connectivity index (χ2n) is 4.58. The molecule has 0 bridgehead atoms. The van der Waals surface area contributed by atoms with Crippen LogP contribution in [0.4, 0.5) is 5.69 Å². The van der Waals surface area contributed by atoms with Gasteiger partial charge in [0.1, 0.15) is 12.7 Å². The molecule has 0 aliphatic carbocycles. The van der Waals surface area contributed by atoms with E-state index >= 15 is 0 Å². The molecule has 0 fully saturated rings. The quantitative estimate of drug-likeness (QED) is 0.586. The van der Waals surface area contributed by atoms with Crippen LogP contribution in [0.15, 0.2) is 31.0 Å². The molecular formula is C13H17N7. The van der Waals surface area contributed by atoms with Gasteiger partial charge in [-0.15, -0.1) is 10.2 Å². The van der Waals surface area contributed by atoms with Crippen molar-refractivity contribution in [1.29, 1.82) is 0 Å². The zero-order valence-corrected chi connectivity index (χ0v) is 11.3. The Morgan fingerprint density at radius 2 is 2.05 bits per heavy atom. The third-order valence-corrected chi connectivity index (χ3v) is 3.18. The first kappa shape index (κ1) is 12.6. The molecule has 0 spiro atoms. The molecule has 7 nitrogen and oxygen atoms in total. The molecule has 3 N–H and O–H groups in total. The Hall–Kier alpha value is -2.41. The molecule has 7 heteroatoms. The van der Waals surface area contributed by atoms with Crippen molar-refractivity contribution in [3.05, 3.63) is 31.0 Å². The fourth-order valence-corrected chi connectivity index (χ4v) is 2.15. The number of aromatic nitrogens is 5. The molecular weight excluding hydrogens is 254 g/mol. The van der Waals surface area contributed by atoms with Gasteiger partial charge in [-0.2, -0.15) is 5.10 Å². The molecule has 0 saturated heterocycles. The Morgan fingerprint density at radius 1 is 1.20 bits per heavy atom. The molecule has 0 saturated carbocycles. The summed E-state index contributed by atoms with van der Waals surface area (Å²) in [7, 11) is 1.96. The number of aromatic amines is 1. The third kappa shape index (κ3) is 2.48. The average molecular weight is 271 g/mol. The van der Waals surface area contributed by atoms with Crippen LogP contribution in [-0.2, 0) is 0 Å². The van der Waals surface area contributed by atoms with Gasteiger partial charge < -0.3 is 10.6 Å². The lowest BCUT2D eigenvalue weighted by molar-refractivity contribution is 0.748. The van der Waals surface area contributed by atoms with Crippen LogP contribution in [0.2, 0.25) is 0 Å². The molecule has 0 radical (unpaired) electrons. The van der Waals surface area contributed by atoms with Crippen molar-refractivity contribution in [1.82, 2.24) is 30.3 Å². The number of nitrogens with zero attached hydrogens (tertiary/aromatic N) is 4. The normalized spacial score (nSPS) is 11.1. The second-order valence-corrected chi connectivity index (χ2v) is 4.58. The van der Waals surface area contributed by atoms with Crippen LogP contribution in [0.3, 0.4) is 0 Å². The van der Waals surface area contributed by atoms with E-state index in [1.165, 1.54) is 0 Å². The highest BCUT2D eigenvalue weighted by atomic mass is 15.2. The van der Waals surface area contributed by atoms with Gasteiger partial charge in [0.25, 0.3) is 0 Å². The van der Waals surface area contributed by atoms with E-state index in [1.54, 1.807) is 12.7 Å². The molecule has 0 amide bonds. The van der Waals surface area contributed by atoms with E-state index in [-0.39, 0.29) is 0 Å². The minimum atomic E-state index is 0.909. The largest absolute Gasteiger partial charge is 0.384 e. The van der Waals surface area contributed by atoms with Crippen LogP contribution < -0.4 is 10.6 Å². The summed E-state index contributed by atoms with van der Waals surface area (Å²) < 4.78 is 1.87. The van der Waals surface area contributed by atoms with E-state index in [0.717, 1.165) is 41.8 Å². The summed E-state index contributed by atoms with van der Waals surface area (Å²) in [5.41, 5.74) is 3.06. The standard InChI is InChI=1S/C13H17N7/c1-14-3-2-4-15-12-5-10(20-8-17-18-9-20)6-13-11(12)7-16-19-13/h5-9,14-15H,2-4H2,1H3,(H,16,19). The van der Waals surface area contributed by atoms with E-state index in [2.05, 4.69) is 37.1 Å². The summed E-state index contributed by atoms with van der Waals surface area (Å²) >= 11 is 0. The number of anilines is 1. The zero-order valence-electron chi connectivity index (χ0n) is 11.3. The first-order valence-electron chi connectivity index (χ1n) is 6.59. The lowest BCUT2D eigenvalue weighted by Gasteiger charge is -2.10. The fraction of sp³-hybridized carbons (Fsp3) is 0.308. The van der Waals surface area contributed by atoms with Crippen LogP contribution in [0.5, 0.6) is 0 Å². The molecule has 20 heavy (non-hydrogen) atoms. The lowest BCUT2D eigenvalue weighted by Crippen LogP contribution is -2.13. The molecule has 0 unspecified atom stereocenters. The number of nitrogens with one attached hydrogen (secondary N) is 3. The summed E-state index contributed by atoms with van der Waals surface area (Å²) in [6, 6.07) is 4.12. The first-order valence-corrected chi connectivity index (χ1v) is 6.59. The second kappa shape index (κ2) is 5.70. The average Bonchev–Trinajstić information content (AvgIpc) is 3.13. The van der Waals surface area contributed by atoms with E-state index < -0.39 is 0 Å². The van der Waals surface area contributed by atoms with Gasteiger partial charge >= 0.3 is 0 Å². The zero-order chi connectivity index (χ0) is 13.8. The van der Waals surface area contributed by atoms with Crippen molar-refractivity contribution in [3.63, 3.8) is 0 Å². The fourth-order valence-electron chi connectivity index (χ4n) is 2.15. The first-order chi connectivity index (χ1) is 9.88. The molecule has 104 valence electrons. The van der Waals surface area contributed by atoms with Crippen LogP contribution in [0.25, 0.3) is 16.6 Å². The van der Waals surface area contributed by atoms with Crippen LogP contribution in [-0.4, -0.2) is 45.1 Å². The van der Waals surface area contributed by atoms with Crippen LogP contribution >= 0.6 is 0 Å². The van der Waals surface area contributed by atoms with Crippen molar-refractivity contribution in [2.75, 3.05) is 25.5 Å². The van der Waals surface area contributed by atoms with Gasteiger partial charge in [0.15, 0.2) is 0 Å². The monoisotopic (exact) mass is 271 g/mol. The lowest BCUT2D eigenvalue weighted by atomic mass is 10.2. The smallest absolute Gasteiger partial charge is 0.123 e. The minimum Gasteiger partial charge on any atom is -0.384 e. The maximum Gasteiger partial charge on any atom is 0.123 e. The SMILES string of the molecule is CNCCCNc1cc(-n2cnnc2)cc2[nH]ncc12. The summed E-state index contributed by atoms with van der Waals surface area (Å²) in [5, 5.41) is 22.5. The van der Waals surface area contributed by atoms with Crippen molar-refractivity contribution >= 4 is 16.6 Å². The molecule has 2 aromatic heterocycles. The molecule has 3 rings (SSSR count). The Labute approximate surface area is 116 Å². The van der Waals surface area contributed by atoms with Crippen LogP contribution in [0, 0.1) is 0 Å². The number of hydrogen-bond acceptors (Lipinski definition) is 5. The van der Waals surface area contributed by atoms with Crippen molar-refractivity contribution in [2.45, 2.75) is 6.42 Å². The highest BCUT2D eigenvalue weighted by Crippen LogP contribution is 2.25. The van der Waals surface area contributed by atoms with E-state index in [1.807, 2.05) is 23.9 Å². The van der Waals surface area contributed by atoms with Crippen molar-refractivity contribution in [2.24, 2.45) is 0 Å². The van der Waals surface area contributed by atoms with Gasteiger partial charge in [0.05, 0.1) is 17.4 Å². The minimum absolute atomic E-state index is 0.909. The van der Waals surface area contributed by atoms with Gasteiger partial charge in [0.2, 0.25) is 0 Å². The Bertz CT molecular complexity index is 671.